The zero-order chi connectivity index (χ0) is 26.3. The number of benzene rings is 2. The van der Waals surface area contributed by atoms with E-state index in [1.807, 2.05) is 20.8 Å². The molecule has 0 aliphatic carbocycles. The third-order valence-corrected chi connectivity index (χ3v) is 7.26. The molecule has 11 heteroatoms. The molecule has 3 aromatic rings. The molecule has 194 valence electrons. The zero-order valence-electron chi connectivity index (χ0n) is 21.0. The van der Waals surface area contributed by atoms with Crippen molar-refractivity contribution in [3.05, 3.63) is 53.4 Å². The maximum absolute atomic E-state index is 12.9. The summed E-state index contributed by atoms with van der Waals surface area (Å²) in [5.41, 5.74) is 1.06. The highest BCUT2D eigenvalue weighted by Crippen LogP contribution is 2.39. The molecule has 2 aromatic carbocycles. The van der Waals surface area contributed by atoms with Crippen LogP contribution in [0.15, 0.2) is 45.7 Å². The van der Waals surface area contributed by atoms with Crippen molar-refractivity contribution < 1.29 is 31.8 Å². The maximum atomic E-state index is 12.9. The van der Waals surface area contributed by atoms with Crippen LogP contribution in [-0.4, -0.2) is 49.6 Å². The van der Waals surface area contributed by atoms with Crippen LogP contribution in [0.4, 0.5) is 6.01 Å². The molecule has 0 unspecified atom stereocenters. The minimum atomic E-state index is -3.35. The van der Waals surface area contributed by atoms with Crippen LogP contribution < -0.4 is 19.5 Å². The molecule has 0 saturated heterocycles. The van der Waals surface area contributed by atoms with Gasteiger partial charge in [0.1, 0.15) is 0 Å². The van der Waals surface area contributed by atoms with Crippen LogP contribution in [0.1, 0.15) is 56.4 Å². The topological polar surface area (TPSA) is 130 Å². The lowest BCUT2D eigenvalue weighted by Crippen LogP contribution is -2.13. The van der Waals surface area contributed by atoms with Crippen molar-refractivity contribution in [2.45, 2.75) is 51.2 Å². The fourth-order valence-corrected chi connectivity index (χ4v) is 4.37. The molecule has 0 spiro atoms. The number of hydrogen-bond donors (Lipinski definition) is 1. The first-order valence-corrected chi connectivity index (χ1v) is 13.3. The standard InChI is InChI=1S/C25H31N3O7S/c1-6-32-20-14-18(15-21(33-7-2)23(20)34-8-3)24(29)26-25-28-27-22(35-25)13-17-9-11-19(12-10-17)36(30,31)16(4)5/h9-12,14-16H,6-8,13H2,1-5H3,(H,26,28,29). The monoisotopic (exact) mass is 517 g/mol. The lowest BCUT2D eigenvalue weighted by molar-refractivity contribution is 0.102. The Morgan fingerprint density at radius 1 is 0.944 bits per heavy atom. The average Bonchev–Trinajstić information content (AvgIpc) is 3.28. The SMILES string of the molecule is CCOc1cc(C(=O)Nc2nnc(Cc3ccc(S(=O)(=O)C(C)C)cc3)o2)cc(OCC)c1OCC. The van der Waals surface area contributed by atoms with E-state index in [0.29, 0.717) is 37.1 Å². The van der Waals surface area contributed by atoms with E-state index in [0.717, 1.165) is 5.56 Å². The first kappa shape index (κ1) is 27.0. The number of hydrogen-bond acceptors (Lipinski definition) is 9. The predicted octanol–water partition coefficient (Wildman–Crippen LogP) is 4.29. The summed E-state index contributed by atoms with van der Waals surface area (Å²) >= 11 is 0. The number of nitrogens with one attached hydrogen (secondary N) is 1. The predicted molar refractivity (Wildman–Crippen MR) is 134 cm³/mol. The van der Waals surface area contributed by atoms with Crippen LogP contribution in [0, 0.1) is 0 Å². The van der Waals surface area contributed by atoms with E-state index in [9.17, 15) is 13.2 Å². The fourth-order valence-electron chi connectivity index (χ4n) is 3.31. The van der Waals surface area contributed by atoms with Crippen LogP contribution in [0.25, 0.3) is 0 Å². The molecule has 3 rings (SSSR count). The van der Waals surface area contributed by atoms with Crippen LogP contribution in [0.2, 0.25) is 0 Å². The molecule has 36 heavy (non-hydrogen) atoms. The molecule has 1 amide bonds. The van der Waals surface area contributed by atoms with E-state index < -0.39 is 21.0 Å². The largest absolute Gasteiger partial charge is 0.490 e. The number of carbonyl (C=O) groups is 1. The van der Waals surface area contributed by atoms with E-state index in [-0.39, 0.29) is 28.8 Å². The molecular weight excluding hydrogens is 486 g/mol. The van der Waals surface area contributed by atoms with E-state index in [1.165, 1.54) is 0 Å². The van der Waals surface area contributed by atoms with Gasteiger partial charge in [-0.3, -0.25) is 10.1 Å². The molecule has 1 N–H and O–H groups in total. The van der Waals surface area contributed by atoms with Gasteiger partial charge in [-0.05, 0) is 64.4 Å². The van der Waals surface area contributed by atoms with Gasteiger partial charge in [0.15, 0.2) is 21.3 Å². The second-order valence-electron chi connectivity index (χ2n) is 7.97. The van der Waals surface area contributed by atoms with Crippen LogP contribution in [0.3, 0.4) is 0 Å². The number of ether oxygens (including phenoxy) is 3. The highest BCUT2D eigenvalue weighted by atomic mass is 32.2. The van der Waals surface area contributed by atoms with Crippen molar-refractivity contribution in [3.63, 3.8) is 0 Å². The Hall–Kier alpha value is -3.60. The van der Waals surface area contributed by atoms with Crippen LogP contribution in [0.5, 0.6) is 17.2 Å². The first-order valence-electron chi connectivity index (χ1n) is 11.7. The summed E-state index contributed by atoms with van der Waals surface area (Å²) in [7, 11) is -3.35. The number of nitrogens with zero attached hydrogens (tertiary/aromatic N) is 2. The minimum absolute atomic E-state index is 0.0705. The first-order chi connectivity index (χ1) is 17.2. The second-order valence-corrected chi connectivity index (χ2v) is 10.5. The Balaban J connectivity index is 1.75. The lowest BCUT2D eigenvalue weighted by Gasteiger charge is -2.16. The van der Waals surface area contributed by atoms with Crippen molar-refractivity contribution in [1.29, 1.82) is 0 Å². The smallest absolute Gasteiger partial charge is 0.322 e. The van der Waals surface area contributed by atoms with Crippen LogP contribution >= 0.6 is 0 Å². The second kappa shape index (κ2) is 11.9. The average molecular weight is 518 g/mol. The Morgan fingerprint density at radius 2 is 1.53 bits per heavy atom. The normalized spacial score (nSPS) is 11.4. The van der Waals surface area contributed by atoms with Crippen molar-refractivity contribution in [2.24, 2.45) is 0 Å². The van der Waals surface area contributed by atoms with Gasteiger partial charge in [-0.1, -0.05) is 17.2 Å². The summed E-state index contributed by atoms with van der Waals surface area (Å²) in [5.74, 6) is 0.999. The quantitative estimate of drug-likeness (QED) is 0.374. The van der Waals surface area contributed by atoms with E-state index in [1.54, 1.807) is 50.2 Å². The molecule has 0 aliphatic rings. The molecule has 1 aromatic heterocycles. The van der Waals surface area contributed by atoms with Gasteiger partial charge in [-0.15, -0.1) is 5.10 Å². The molecular formula is C25H31N3O7S. The summed E-state index contributed by atoms with van der Waals surface area (Å²) < 4.78 is 47.1. The van der Waals surface area contributed by atoms with Crippen molar-refractivity contribution in [2.75, 3.05) is 25.1 Å². The number of amides is 1. The molecule has 0 atom stereocenters. The van der Waals surface area contributed by atoms with E-state index in [4.69, 9.17) is 18.6 Å². The molecule has 1 heterocycles. The Labute approximate surface area is 210 Å². The van der Waals surface area contributed by atoms with Gasteiger partial charge >= 0.3 is 6.01 Å². The van der Waals surface area contributed by atoms with E-state index in [2.05, 4.69) is 15.5 Å². The lowest BCUT2D eigenvalue weighted by atomic mass is 10.1. The van der Waals surface area contributed by atoms with Gasteiger partial charge in [0.2, 0.25) is 11.6 Å². The highest BCUT2D eigenvalue weighted by Gasteiger charge is 2.21. The fraction of sp³-hybridized carbons (Fsp3) is 0.400. The van der Waals surface area contributed by atoms with E-state index >= 15 is 0 Å². The third-order valence-electron chi connectivity index (χ3n) is 5.09. The molecule has 0 bridgehead atoms. The summed E-state index contributed by atoms with van der Waals surface area (Å²) in [6.07, 6.45) is 0.275. The van der Waals surface area contributed by atoms with Gasteiger partial charge < -0.3 is 18.6 Å². The van der Waals surface area contributed by atoms with Gasteiger partial charge in [0, 0.05) is 5.56 Å². The van der Waals surface area contributed by atoms with Crippen molar-refractivity contribution in [1.82, 2.24) is 10.2 Å². The third kappa shape index (κ3) is 6.34. The van der Waals surface area contributed by atoms with Crippen molar-refractivity contribution in [3.8, 4) is 17.2 Å². The molecule has 10 nitrogen and oxygen atoms in total. The molecule has 0 aliphatic heterocycles. The minimum Gasteiger partial charge on any atom is -0.490 e. The number of sulfone groups is 1. The van der Waals surface area contributed by atoms with Gasteiger partial charge in [0.05, 0.1) is 36.4 Å². The van der Waals surface area contributed by atoms with Gasteiger partial charge in [0.25, 0.3) is 5.91 Å². The summed E-state index contributed by atoms with van der Waals surface area (Å²) in [5, 5.41) is 9.94. The van der Waals surface area contributed by atoms with Crippen molar-refractivity contribution >= 4 is 21.8 Å². The Kier molecular flexibility index (Phi) is 8.92. The number of aromatic nitrogens is 2. The Bertz CT molecular complexity index is 1260. The molecule has 0 fully saturated rings. The summed E-state index contributed by atoms with van der Waals surface area (Å²) in [6.45, 7) is 9.97. The summed E-state index contributed by atoms with van der Waals surface area (Å²) in [4.78, 5) is 13.2. The molecule has 0 saturated carbocycles. The van der Waals surface area contributed by atoms with Crippen LogP contribution in [-0.2, 0) is 16.3 Å². The summed E-state index contributed by atoms with van der Waals surface area (Å²) in [6, 6.07) is 9.57. The Morgan fingerprint density at radius 3 is 2.06 bits per heavy atom. The number of carbonyl (C=O) groups excluding carboxylic acids is 1. The maximum Gasteiger partial charge on any atom is 0.322 e. The van der Waals surface area contributed by atoms with Gasteiger partial charge in [-0.2, -0.15) is 0 Å². The zero-order valence-corrected chi connectivity index (χ0v) is 21.8. The number of anilines is 1. The highest BCUT2D eigenvalue weighted by molar-refractivity contribution is 7.92. The molecule has 0 radical (unpaired) electrons. The number of rotatable bonds is 12. The van der Waals surface area contributed by atoms with Gasteiger partial charge in [-0.25, -0.2) is 8.42 Å².